The van der Waals surface area contributed by atoms with E-state index in [9.17, 15) is 4.79 Å². The first-order valence-corrected chi connectivity index (χ1v) is 6.25. The summed E-state index contributed by atoms with van der Waals surface area (Å²) in [6.45, 7) is 0. The molecule has 0 heterocycles. The molecule has 0 saturated heterocycles. The van der Waals surface area contributed by atoms with Crippen LogP contribution in [0.3, 0.4) is 0 Å². The number of carbonyl (C=O) groups is 1. The molecule has 1 fully saturated rings. The van der Waals surface area contributed by atoms with E-state index in [0.29, 0.717) is 12.1 Å². The molecule has 1 saturated carbocycles. The normalized spacial score (nSPS) is 25.3. The molecule has 2 N–H and O–H groups in total. The molecule has 0 aromatic rings. The molecule has 6 heteroatoms. The van der Waals surface area contributed by atoms with Gasteiger partial charge in [0.25, 0.3) is 0 Å². The maximum Gasteiger partial charge on any atom is 0.452 e. The second-order valence-corrected chi connectivity index (χ2v) is 5.09. The zero-order valence-electron chi connectivity index (χ0n) is 8.89. The standard InChI is InChI=1S/C9H17BO4S/c1-14-9(11)7-3-2-4-8(7)15-6-5-10(12)13/h7-8,12-13H,2-6H2,1H3/t7-,8+/m0/s1. The minimum absolute atomic E-state index is 0.00386. The van der Waals surface area contributed by atoms with Gasteiger partial charge in [-0.1, -0.05) is 6.42 Å². The van der Waals surface area contributed by atoms with Crippen molar-refractivity contribution >= 4 is 24.8 Å². The van der Waals surface area contributed by atoms with Crippen LogP contribution in [0.1, 0.15) is 19.3 Å². The van der Waals surface area contributed by atoms with E-state index < -0.39 is 7.12 Å². The average molecular weight is 232 g/mol. The molecular formula is C9H17BO4S. The van der Waals surface area contributed by atoms with Crippen molar-refractivity contribution in [1.82, 2.24) is 0 Å². The van der Waals surface area contributed by atoms with Crippen molar-refractivity contribution in [3.63, 3.8) is 0 Å². The van der Waals surface area contributed by atoms with Crippen molar-refractivity contribution in [2.75, 3.05) is 12.9 Å². The Morgan fingerprint density at radius 1 is 1.53 bits per heavy atom. The number of esters is 1. The van der Waals surface area contributed by atoms with Crippen LogP contribution in [0.4, 0.5) is 0 Å². The van der Waals surface area contributed by atoms with Crippen LogP contribution >= 0.6 is 11.8 Å². The van der Waals surface area contributed by atoms with Crippen LogP contribution < -0.4 is 0 Å². The van der Waals surface area contributed by atoms with Gasteiger partial charge in [-0.25, -0.2) is 0 Å². The zero-order valence-corrected chi connectivity index (χ0v) is 9.70. The summed E-state index contributed by atoms with van der Waals surface area (Å²) >= 11 is 1.64. The van der Waals surface area contributed by atoms with Gasteiger partial charge in [0.05, 0.1) is 13.0 Å². The van der Waals surface area contributed by atoms with Gasteiger partial charge in [0, 0.05) is 5.25 Å². The van der Waals surface area contributed by atoms with Gasteiger partial charge < -0.3 is 14.8 Å². The first-order valence-electron chi connectivity index (χ1n) is 5.20. The molecule has 0 aromatic heterocycles. The van der Waals surface area contributed by atoms with Crippen LogP contribution in [0.25, 0.3) is 0 Å². The number of carbonyl (C=O) groups excluding carboxylic acids is 1. The van der Waals surface area contributed by atoms with Crippen molar-refractivity contribution in [1.29, 1.82) is 0 Å². The summed E-state index contributed by atoms with van der Waals surface area (Å²) in [6, 6.07) is 0. The first kappa shape index (κ1) is 12.9. The molecular weight excluding hydrogens is 215 g/mol. The van der Waals surface area contributed by atoms with E-state index in [0.717, 1.165) is 19.3 Å². The van der Waals surface area contributed by atoms with Gasteiger partial charge in [-0.15, -0.1) is 0 Å². The van der Waals surface area contributed by atoms with E-state index >= 15 is 0 Å². The van der Waals surface area contributed by atoms with E-state index in [-0.39, 0.29) is 17.1 Å². The number of hydrogen-bond acceptors (Lipinski definition) is 5. The molecule has 86 valence electrons. The molecule has 1 rings (SSSR count). The highest BCUT2D eigenvalue weighted by Gasteiger charge is 2.33. The molecule has 2 atom stereocenters. The largest absolute Gasteiger partial charge is 0.469 e. The van der Waals surface area contributed by atoms with Crippen LogP contribution in [-0.4, -0.2) is 41.2 Å². The monoisotopic (exact) mass is 232 g/mol. The van der Waals surface area contributed by atoms with Crippen molar-refractivity contribution in [3.05, 3.63) is 0 Å². The summed E-state index contributed by atoms with van der Waals surface area (Å²) in [5.74, 6) is 0.543. The van der Waals surface area contributed by atoms with Crippen molar-refractivity contribution in [3.8, 4) is 0 Å². The highest BCUT2D eigenvalue weighted by Crippen LogP contribution is 2.36. The predicted molar refractivity (Wildman–Crippen MR) is 60.6 cm³/mol. The maximum atomic E-state index is 11.4. The number of ether oxygens (including phenoxy) is 1. The fraction of sp³-hybridized carbons (Fsp3) is 0.889. The van der Waals surface area contributed by atoms with Crippen molar-refractivity contribution in [2.45, 2.75) is 30.8 Å². The Kier molecular flexibility index (Phi) is 5.49. The van der Waals surface area contributed by atoms with Gasteiger partial charge in [-0.3, -0.25) is 4.79 Å². The molecule has 0 bridgehead atoms. The van der Waals surface area contributed by atoms with Crippen LogP contribution in [0, 0.1) is 5.92 Å². The highest BCUT2D eigenvalue weighted by atomic mass is 32.2. The number of rotatable bonds is 5. The Morgan fingerprint density at radius 2 is 2.27 bits per heavy atom. The summed E-state index contributed by atoms with van der Waals surface area (Å²) in [6.07, 6.45) is 3.33. The Bertz CT molecular complexity index is 212. The number of hydrogen-bond donors (Lipinski definition) is 2. The van der Waals surface area contributed by atoms with Gasteiger partial charge in [-0.2, -0.15) is 11.8 Å². The summed E-state index contributed by atoms with van der Waals surface area (Å²) in [5.41, 5.74) is 0. The average Bonchev–Trinajstić information content (AvgIpc) is 2.64. The van der Waals surface area contributed by atoms with E-state index in [1.807, 2.05) is 0 Å². The number of thioether (sulfide) groups is 1. The summed E-state index contributed by atoms with van der Waals surface area (Å²) < 4.78 is 4.74. The minimum atomic E-state index is -1.24. The van der Waals surface area contributed by atoms with E-state index in [1.54, 1.807) is 11.8 Å². The minimum Gasteiger partial charge on any atom is -0.469 e. The lowest BCUT2D eigenvalue weighted by molar-refractivity contribution is -0.144. The highest BCUT2D eigenvalue weighted by molar-refractivity contribution is 8.00. The Morgan fingerprint density at radius 3 is 2.87 bits per heavy atom. The molecule has 1 aliphatic carbocycles. The van der Waals surface area contributed by atoms with E-state index in [1.165, 1.54) is 7.11 Å². The topological polar surface area (TPSA) is 66.8 Å². The third-order valence-corrected chi connectivity index (χ3v) is 4.13. The lowest BCUT2D eigenvalue weighted by Crippen LogP contribution is -2.23. The summed E-state index contributed by atoms with van der Waals surface area (Å²) in [4.78, 5) is 11.4. The molecule has 0 aliphatic heterocycles. The SMILES string of the molecule is COC(=O)[C@H]1CCC[C@H]1SCCB(O)O. The lowest BCUT2D eigenvalue weighted by atomic mass is 9.88. The Labute approximate surface area is 94.5 Å². The second kappa shape index (κ2) is 6.40. The summed E-state index contributed by atoms with van der Waals surface area (Å²) in [5, 5.41) is 17.7. The molecule has 4 nitrogen and oxygen atoms in total. The zero-order chi connectivity index (χ0) is 11.3. The molecule has 0 unspecified atom stereocenters. The first-order chi connectivity index (χ1) is 7.15. The molecule has 0 amide bonds. The summed E-state index contributed by atoms with van der Waals surface area (Å²) in [7, 11) is 0.176. The van der Waals surface area contributed by atoms with Crippen LogP contribution in [0.15, 0.2) is 0 Å². The van der Waals surface area contributed by atoms with Crippen LogP contribution in [0.5, 0.6) is 0 Å². The fourth-order valence-electron chi connectivity index (χ4n) is 1.87. The predicted octanol–water partition coefficient (Wildman–Crippen LogP) is 0.534. The van der Waals surface area contributed by atoms with Crippen molar-refractivity contribution < 1.29 is 19.6 Å². The van der Waals surface area contributed by atoms with Crippen LogP contribution in [-0.2, 0) is 9.53 Å². The quantitative estimate of drug-likeness (QED) is 0.534. The second-order valence-electron chi connectivity index (χ2n) is 3.74. The van der Waals surface area contributed by atoms with E-state index in [4.69, 9.17) is 14.8 Å². The van der Waals surface area contributed by atoms with Gasteiger partial charge in [-0.05, 0) is 24.9 Å². The third kappa shape index (κ3) is 4.05. The number of methoxy groups -OCH3 is 1. The smallest absolute Gasteiger partial charge is 0.452 e. The van der Waals surface area contributed by atoms with Crippen molar-refractivity contribution in [2.24, 2.45) is 5.92 Å². The van der Waals surface area contributed by atoms with Crippen LogP contribution in [0.2, 0.25) is 6.32 Å². The Hall–Kier alpha value is -0.195. The third-order valence-electron chi connectivity index (χ3n) is 2.66. The van der Waals surface area contributed by atoms with Gasteiger partial charge in [0.15, 0.2) is 0 Å². The molecule has 15 heavy (non-hydrogen) atoms. The molecule has 0 radical (unpaired) electrons. The molecule has 0 aromatic carbocycles. The molecule has 1 aliphatic rings. The van der Waals surface area contributed by atoms with E-state index in [2.05, 4.69) is 0 Å². The van der Waals surface area contributed by atoms with Gasteiger partial charge >= 0.3 is 13.1 Å². The fourth-order valence-corrected chi connectivity index (χ4v) is 3.33. The van der Waals surface area contributed by atoms with Gasteiger partial charge in [0.1, 0.15) is 0 Å². The maximum absolute atomic E-state index is 11.4. The molecule has 0 spiro atoms. The van der Waals surface area contributed by atoms with Gasteiger partial charge in [0.2, 0.25) is 0 Å². The Balaban J connectivity index is 2.30. The lowest BCUT2D eigenvalue weighted by Gasteiger charge is -2.16.